The lowest BCUT2D eigenvalue weighted by atomic mass is 10.1. The number of aryl methyl sites for hydroxylation is 1. The highest BCUT2D eigenvalue weighted by atomic mass is 32.2. The topological polar surface area (TPSA) is 93.5 Å². The van der Waals surface area contributed by atoms with Gasteiger partial charge in [-0.2, -0.15) is 9.40 Å². The molecule has 0 aliphatic carbocycles. The third-order valence-corrected chi connectivity index (χ3v) is 7.18. The molecule has 1 unspecified atom stereocenters. The summed E-state index contributed by atoms with van der Waals surface area (Å²) in [5.41, 5.74) is 1.20. The van der Waals surface area contributed by atoms with Crippen LogP contribution in [0.25, 0.3) is 0 Å². The maximum atomic E-state index is 13.4. The summed E-state index contributed by atoms with van der Waals surface area (Å²) in [6, 6.07) is 3.68. The molecule has 2 aromatic heterocycles. The van der Waals surface area contributed by atoms with E-state index in [1.807, 2.05) is 45.8 Å². The molecular formula is C19H30N6O3S. The van der Waals surface area contributed by atoms with E-state index in [0.29, 0.717) is 28.7 Å². The lowest BCUT2D eigenvalue weighted by Crippen LogP contribution is -2.44. The Hall–Kier alpha value is -2.20. The molecule has 0 amide bonds. The van der Waals surface area contributed by atoms with Crippen LogP contribution in [-0.4, -0.2) is 66.0 Å². The number of anilines is 1. The number of ether oxygens (including phenoxy) is 1. The minimum Gasteiger partial charge on any atom is -0.472 e. The number of hydrogen-bond acceptors (Lipinski definition) is 7. The summed E-state index contributed by atoms with van der Waals surface area (Å²) in [7, 11) is 0.125. The summed E-state index contributed by atoms with van der Waals surface area (Å²) in [4.78, 5) is 2.16. The van der Waals surface area contributed by atoms with E-state index in [4.69, 9.17) is 4.74 Å². The molecule has 1 aliphatic heterocycles. The van der Waals surface area contributed by atoms with Crippen molar-refractivity contribution in [2.24, 2.45) is 0 Å². The second kappa shape index (κ2) is 8.27. The second-order valence-electron chi connectivity index (χ2n) is 7.91. The van der Waals surface area contributed by atoms with Gasteiger partial charge in [0, 0.05) is 32.7 Å². The van der Waals surface area contributed by atoms with Crippen molar-refractivity contribution >= 4 is 15.8 Å². The van der Waals surface area contributed by atoms with Gasteiger partial charge in [-0.1, -0.05) is 0 Å². The van der Waals surface area contributed by atoms with Crippen molar-refractivity contribution in [3.05, 3.63) is 23.5 Å². The van der Waals surface area contributed by atoms with E-state index in [-0.39, 0.29) is 18.7 Å². The zero-order chi connectivity index (χ0) is 21.3. The molecule has 10 heteroatoms. The van der Waals surface area contributed by atoms with Crippen LogP contribution in [0.2, 0.25) is 0 Å². The SMILES string of the molecule is Cc1nn(C(C)C)c(C)c1S(=O)(=O)N1CCCC(Oc2ccc(N(C)C)nn2)C1. The first-order chi connectivity index (χ1) is 13.6. The monoisotopic (exact) mass is 422 g/mol. The van der Waals surface area contributed by atoms with Gasteiger partial charge in [0.2, 0.25) is 15.9 Å². The fourth-order valence-electron chi connectivity index (χ4n) is 3.66. The van der Waals surface area contributed by atoms with Gasteiger partial charge in [-0.15, -0.1) is 10.2 Å². The van der Waals surface area contributed by atoms with Gasteiger partial charge < -0.3 is 9.64 Å². The first-order valence-corrected chi connectivity index (χ1v) is 11.3. The smallest absolute Gasteiger partial charge is 0.246 e. The molecule has 0 aromatic carbocycles. The van der Waals surface area contributed by atoms with Gasteiger partial charge in [0.1, 0.15) is 11.0 Å². The maximum absolute atomic E-state index is 13.4. The minimum atomic E-state index is -3.65. The van der Waals surface area contributed by atoms with Crippen molar-refractivity contribution in [3.63, 3.8) is 0 Å². The van der Waals surface area contributed by atoms with Crippen LogP contribution in [0.1, 0.15) is 44.1 Å². The highest BCUT2D eigenvalue weighted by Gasteiger charge is 2.35. The number of sulfonamides is 1. The molecule has 29 heavy (non-hydrogen) atoms. The standard InChI is InChI=1S/C19H30N6O3S/c1-13(2)25-15(4)19(14(3)22-25)29(26,27)24-11-7-8-16(12-24)28-18-10-9-17(20-21-18)23(5)6/h9-10,13,16H,7-8,11-12H2,1-6H3. The van der Waals surface area contributed by atoms with Crippen LogP contribution in [0.4, 0.5) is 5.82 Å². The minimum absolute atomic E-state index is 0.0961. The van der Waals surface area contributed by atoms with Gasteiger partial charge in [-0.05, 0) is 46.6 Å². The third kappa shape index (κ3) is 4.37. The van der Waals surface area contributed by atoms with E-state index in [0.717, 1.165) is 18.7 Å². The van der Waals surface area contributed by atoms with E-state index >= 15 is 0 Å². The Balaban J connectivity index is 1.78. The number of aromatic nitrogens is 4. The van der Waals surface area contributed by atoms with Crippen molar-refractivity contribution in [2.75, 3.05) is 32.1 Å². The molecule has 0 bridgehead atoms. The van der Waals surface area contributed by atoms with E-state index in [2.05, 4.69) is 15.3 Å². The molecule has 0 N–H and O–H groups in total. The van der Waals surface area contributed by atoms with E-state index < -0.39 is 10.0 Å². The molecule has 0 saturated carbocycles. The number of nitrogens with zero attached hydrogens (tertiary/aromatic N) is 6. The summed E-state index contributed by atoms with van der Waals surface area (Å²) in [6.45, 7) is 8.29. The molecule has 1 fully saturated rings. The summed E-state index contributed by atoms with van der Waals surface area (Å²) < 4.78 is 35.9. The van der Waals surface area contributed by atoms with Crippen LogP contribution in [0.5, 0.6) is 5.88 Å². The molecule has 2 aromatic rings. The van der Waals surface area contributed by atoms with Gasteiger partial charge >= 0.3 is 0 Å². The van der Waals surface area contributed by atoms with Gasteiger partial charge in [0.05, 0.1) is 17.9 Å². The molecule has 1 atom stereocenters. The van der Waals surface area contributed by atoms with E-state index in [9.17, 15) is 8.42 Å². The average molecular weight is 423 g/mol. The zero-order valence-corrected chi connectivity index (χ0v) is 18.8. The summed E-state index contributed by atoms with van der Waals surface area (Å²) >= 11 is 0. The molecule has 1 aliphatic rings. The summed E-state index contributed by atoms with van der Waals surface area (Å²) in [5, 5.41) is 12.6. The molecule has 160 valence electrons. The molecule has 0 spiro atoms. The molecule has 3 heterocycles. The summed E-state index contributed by atoms with van der Waals surface area (Å²) in [6.07, 6.45) is 1.23. The molecule has 3 rings (SSSR count). The van der Waals surface area contributed by atoms with Crippen LogP contribution < -0.4 is 9.64 Å². The Morgan fingerprint density at radius 1 is 1.21 bits per heavy atom. The number of hydrogen-bond donors (Lipinski definition) is 0. The second-order valence-corrected chi connectivity index (χ2v) is 9.78. The highest BCUT2D eigenvalue weighted by molar-refractivity contribution is 7.89. The number of rotatable bonds is 6. The maximum Gasteiger partial charge on any atom is 0.246 e. The molecule has 1 saturated heterocycles. The van der Waals surface area contributed by atoms with E-state index in [1.54, 1.807) is 17.7 Å². The Kier molecular flexibility index (Phi) is 6.13. The normalized spacial score (nSPS) is 18.2. The largest absolute Gasteiger partial charge is 0.472 e. The van der Waals surface area contributed by atoms with Gasteiger partial charge in [0.25, 0.3) is 0 Å². The van der Waals surface area contributed by atoms with Crippen molar-refractivity contribution in [1.29, 1.82) is 0 Å². The van der Waals surface area contributed by atoms with E-state index in [1.165, 1.54) is 4.31 Å². The highest BCUT2D eigenvalue weighted by Crippen LogP contribution is 2.28. The molecule has 0 radical (unpaired) electrons. The zero-order valence-electron chi connectivity index (χ0n) is 18.0. The Bertz CT molecular complexity index is 953. The predicted molar refractivity (Wildman–Crippen MR) is 111 cm³/mol. The van der Waals surface area contributed by atoms with Crippen LogP contribution in [0.3, 0.4) is 0 Å². The van der Waals surface area contributed by atoms with Crippen molar-refractivity contribution < 1.29 is 13.2 Å². The lowest BCUT2D eigenvalue weighted by Gasteiger charge is -2.31. The lowest BCUT2D eigenvalue weighted by molar-refractivity contribution is 0.123. The van der Waals surface area contributed by atoms with Crippen LogP contribution in [0, 0.1) is 13.8 Å². The van der Waals surface area contributed by atoms with Gasteiger partial charge in [-0.3, -0.25) is 4.68 Å². The van der Waals surface area contributed by atoms with Crippen molar-refractivity contribution in [3.8, 4) is 5.88 Å². The van der Waals surface area contributed by atoms with Gasteiger partial charge in [0.15, 0.2) is 5.82 Å². The van der Waals surface area contributed by atoms with Crippen LogP contribution in [0.15, 0.2) is 17.0 Å². The van der Waals surface area contributed by atoms with Crippen LogP contribution >= 0.6 is 0 Å². The Labute approximate surface area is 172 Å². The fourth-order valence-corrected chi connectivity index (χ4v) is 5.53. The van der Waals surface area contributed by atoms with Gasteiger partial charge in [-0.25, -0.2) is 8.42 Å². The molecular weight excluding hydrogens is 392 g/mol. The first kappa shape index (κ1) is 21.5. The first-order valence-electron chi connectivity index (χ1n) is 9.84. The Morgan fingerprint density at radius 3 is 2.48 bits per heavy atom. The van der Waals surface area contributed by atoms with Crippen molar-refractivity contribution in [2.45, 2.75) is 57.6 Å². The third-order valence-electron chi connectivity index (χ3n) is 5.06. The Morgan fingerprint density at radius 2 is 1.93 bits per heavy atom. The molecule has 9 nitrogen and oxygen atoms in total. The quantitative estimate of drug-likeness (QED) is 0.704. The number of piperidine rings is 1. The average Bonchev–Trinajstić information content (AvgIpc) is 2.97. The fraction of sp³-hybridized carbons (Fsp3) is 0.632. The van der Waals surface area contributed by atoms with Crippen molar-refractivity contribution in [1.82, 2.24) is 24.3 Å². The predicted octanol–water partition coefficient (Wildman–Crippen LogP) is 2.17. The van der Waals surface area contributed by atoms with Crippen LogP contribution in [-0.2, 0) is 10.0 Å². The summed E-state index contributed by atoms with van der Waals surface area (Å²) in [5.74, 6) is 1.14.